The number of hydrogen-bond acceptors (Lipinski definition) is 21. The first-order valence-corrected chi connectivity index (χ1v) is 37.8. The molecule has 11 amide bonds. The third-order valence-corrected chi connectivity index (χ3v) is 17.6. The number of aliphatic carboxylic acids is 2. The maximum absolute atomic E-state index is 14.4. The minimum Gasteiger partial charge on any atom is -0.481 e. The molecule has 23 N–H and O–H groups in total. The number of nitro benzene ring substituents is 1. The molecule has 0 saturated heterocycles. The van der Waals surface area contributed by atoms with Crippen LogP contribution in [0, 0.1) is 10.1 Å². The number of unbranched alkanes of at least 4 members (excludes halogenated alkanes) is 19. The minimum absolute atomic E-state index is 0.0116. The van der Waals surface area contributed by atoms with Gasteiger partial charge in [-0.15, -0.1) is 0 Å². The molecule has 612 valence electrons. The molecule has 9 atom stereocenters. The van der Waals surface area contributed by atoms with Crippen LogP contribution < -0.4 is 87.2 Å². The molecule has 0 unspecified atom stereocenters. The van der Waals surface area contributed by atoms with Gasteiger partial charge in [-0.3, -0.25) is 82.4 Å². The quantitative estimate of drug-likeness (QED) is 0.0146. The topological polar surface area (TPSA) is 632 Å². The number of guanidine groups is 2. The van der Waals surface area contributed by atoms with Crippen LogP contribution in [0.4, 0.5) is 11.4 Å². The van der Waals surface area contributed by atoms with Crippen LogP contribution in [0.1, 0.15) is 234 Å². The third kappa shape index (κ3) is 41.4. The molecular weight excluding hydrogens is 1420 g/mol. The zero-order valence-electron chi connectivity index (χ0n) is 63.6. The lowest BCUT2D eigenvalue weighted by atomic mass is 10.0. The smallest absolute Gasteiger partial charge is 0.305 e. The van der Waals surface area contributed by atoms with Crippen molar-refractivity contribution in [2.24, 2.45) is 38.7 Å². The van der Waals surface area contributed by atoms with Gasteiger partial charge in [0.05, 0.1) is 23.5 Å². The summed E-state index contributed by atoms with van der Waals surface area (Å²) in [6.07, 6.45) is 20.1. The minimum atomic E-state index is -1.89. The number of anilines is 1. The molecule has 2 aromatic rings. The Bertz CT molecular complexity index is 3310. The summed E-state index contributed by atoms with van der Waals surface area (Å²) in [5.41, 5.74) is 27.8. The van der Waals surface area contributed by atoms with Crippen LogP contribution >= 0.6 is 0 Å². The Morgan fingerprint density at radius 1 is 0.431 bits per heavy atom. The fourth-order valence-electron chi connectivity index (χ4n) is 11.3. The number of aliphatic imine (C=N–C) groups is 2. The largest absolute Gasteiger partial charge is 0.481 e. The van der Waals surface area contributed by atoms with Gasteiger partial charge in [-0.25, -0.2) is 4.63 Å². The average molecular weight is 1540 g/mol. The number of benzene rings is 1. The summed E-state index contributed by atoms with van der Waals surface area (Å²) in [7, 11) is 0. The fraction of sp³-hybridized carbons (Fsp3) is 0.700. The first-order valence-electron chi connectivity index (χ1n) is 37.8. The normalized spacial score (nSPS) is 13.5. The molecule has 1 heterocycles. The number of nitrogens with zero attached hydrogens (tertiary/aromatic N) is 5. The lowest BCUT2D eigenvalue weighted by Crippen LogP contribution is -2.59. The van der Waals surface area contributed by atoms with Crippen molar-refractivity contribution in [2.45, 2.75) is 288 Å². The Morgan fingerprint density at radius 2 is 0.789 bits per heavy atom. The van der Waals surface area contributed by atoms with Crippen molar-refractivity contribution in [2.75, 3.05) is 31.5 Å². The summed E-state index contributed by atoms with van der Waals surface area (Å²) >= 11 is 0. The number of nitrogens with one attached hydrogen (secondary N) is 11. The van der Waals surface area contributed by atoms with Crippen LogP contribution in [-0.4, -0.2) is 195 Å². The van der Waals surface area contributed by atoms with Gasteiger partial charge in [0.2, 0.25) is 70.5 Å². The van der Waals surface area contributed by atoms with Crippen LogP contribution in [0.5, 0.6) is 0 Å². The van der Waals surface area contributed by atoms with E-state index in [1.807, 2.05) is 0 Å². The number of fused-ring (bicyclic) bond motifs is 1. The Kier molecular flexibility index (Phi) is 46.9. The van der Waals surface area contributed by atoms with E-state index in [1.54, 1.807) is 6.07 Å². The lowest BCUT2D eigenvalue weighted by molar-refractivity contribution is -0.383. The maximum atomic E-state index is 14.4. The van der Waals surface area contributed by atoms with Gasteiger partial charge in [0.15, 0.2) is 17.4 Å². The highest BCUT2D eigenvalue weighted by Crippen LogP contribution is 2.29. The summed E-state index contributed by atoms with van der Waals surface area (Å²) in [5.74, 6) is -13.2. The second-order valence-electron chi connectivity index (χ2n) is 27.1. The van der Waals surface area contributed by atoms with Gasteiger partial charge in [-0.2, -0.15) is 0 Å². The highest BCUT2D eigenvalue weighted by atomic mass is 16.6. The van der Waals surface area contributed by atoms with E-state index in [0.717, 1.165) is 64.7 Å². The maximum Gasteiger partial charge on any atom is 0.305 e. The number of carboxylic acids is 2. The molecular formula is C70H119N21O18. The van der Waals surface area contributed by atoms with E-state index in [4.69, 9.17) is 33.3 Å². The second-order valence-corrected chi connectivity index (χ2v) is 27.1. The second kappa shape index (κ2) is 54.1. The molecule has 1 aromatic heterocycles. The number of nitrogens with two attached hydrogens (primary N) is 5. The molecule has 2 rings (SSSR count). The van der Waals surface area contributed by atoms with E-state index in [1.165, 1.54) is 84.6 Å². The summed E-state index contributed by atoms with van der Waals surface area (Å²) in [6.45, 7) is 7.78. The van der Waals surface area contributed by atoms with Crippen molar-refractivity contribution in [3.05, 3.63) is 22.2 Å². The first-order chi connectivity index (χ1) is 51.8. The molecule has 0 aliphatic heterocycles. The lowest BCUT2D eigenvalue weighted by Gasteiger charge is -2.26. The Morgan fingerprint density at radius 3 is 1.22 bits per heavy atom. The van der Waals surface area contributed by atoms with Crippen molar-refractivity contribution < 1.29 is 82.1 Å². The number of amides is 11. The molecule has 39 nitrogen and oxygen atoms in total. The number of aromatic nitrogens is 2. The van der Waals surface area contributed by atoms with E-state index in [-0.39, 0.29) is 99.1 Å². The molecule has 39 heteroatoms. The summed E-state index contributed by atoms with van der Waals surface area (Å²) in [4.78, 5) is 190. The molecule has 0 fully saturated rings. The third-order valence-electron chi connectivity index (χ3n) is 17.6. The number of carbonyl (C=O) groups excluding carboxylic acids is 11. The van der Waals surface area contributed by atoms with Gasteiger partial charge in [0.1, 0.15) is 54.4 Å². The van der Waals surface area contributed by atoms with Crippen LogP contribution in [-0.2, 0) is 62.3 Å². The number of carbonyl (C=O) groups is 13. The number of carboxylic acid groups (broad SMARTS) is 2. The Labute approximate surface area is 634 Å². The van der Waals surface area contributed by atoms with E-state index in [0.29, 0.717) is 37.9 Å². The van der Waals surface area contributed by atoms with E-state index in [9.17, 15) is 82.7 Å². The molecule has 0 aliphatic carbocycles. The van der Waals surface area contributed by atoms with Gasteiger partial charge in [-0.05, 0) is 108 Å². The van der Waals surface area contributed by atoms with Crippen molar-refractivity contribution in [3.8, 4) is 0 Å². The van der Waals surface area contributed by atoms with Crippen LogP contribution in [0.3, 0.4) is 0 Å². The monoisotopic (exact) mass is 1540 g/mol. The van der Waals surface area contributed by atoms with Crippen LogP contribution in [0.25, 0.3) is 11.0 Å². The number of non-ortho nitro benzene ring substituents is 1. The van der Waals surface area contributed by atoms with Crippen molar-refractivity contribution in [1.82, 2.24) is 63.5 Å². The molecule has 0 bridgehead atoms. The first kappa shape index (κ1) is 94.6. The molecule has 0 spiro atoms. The predicted octanol–water partition coefficient (Wildman–Crippen LogP) is 1.42. The number of primary amides is 1. The molecule has 0 aliphatic rings. The van der Waals surface area contributed by atoms with Crippen molar-refractivity contribution >= 4 is 111 Å². The SMILES string of the molecule is CCCCCCCCCCCCCCCCCC(=O)N[C@@H](CCCCNC(=O)CCCCCCCNc1ccc([N+](=O)[O-])c2nonc12)C(=O)N[C@@H](CCCN=C(N)N)C(=O)N[C@@H](C)C(=O)N[C@@H](CC(=O)O)C(=O)N[C@@H](C)C(=O)N[C@@H](CCCN=C(N)N)C(=O)N[C@@H](C)C(=O)N[C@@H](CC(=O)O)C(=O)N[C@@H](C)C(N)=O. The zero-order chi connectivity index (χ0) is 81.2. The number of rotatable bonds is 61. The highest BCUT2D eigenvalue weighted by molar-refractivity contribution is 6.00. The van der Waals surface area contributed by atoms with Gasteiger partial charge >= 0.3 is 17.6 Å². The van der Waals surface area contributed by atoms with E-state index >= 15 is 0 Å². The average Bonchev–Trinajstić information content (AvgIpc) is 1.69. The van der Waals surface area contributed by atoms with Crippen LogP contribution in [0.15, 0.2) is 26.7 Å². The molecule has 0 saturated carbocycles. The zero-order valence-corrected chi connectivity index (χ0v) is 63.6. The Balaban J connectivity index is 2.18. The Hall–Kier alpha value is -10.5. The summed E-state index contributed by atoms with van der Waals surface area (Å²) in [6, 6.07) is -10.6. The predicted molar refractivity (Wildman–Crippen MR) is 405 cm³/mol. The van der Waals surface area contributed by atoms with E-state index < -0.39 is 143 Å². The number of hydrogen-bond donors (Lipinski definition) is 18. The van der Waals surface area contributed by atoms with Crippen LogP contribution in [0.2, 0.25) is 0 Å². The summed E-state index contributed by atoms with van der Waals surface area (Å²) < 4.78 is 4.72. The van der Waals surface area contributed by atoms with E-state index in [2.05, 4.69) is 85.7 Å². The van der Waals surface area contributed by atoms with Crippen molar-refractivity contribution in [1.29, 1.82) is 0 Å². The number of nitro groups is 1. The molecule has 1 aromatic carbocycles. The molecule has 0 radical (unpaired) electrons. The highest BCUT2D eigenvalue weighted by Gasteiger charge is 2.34. The van der Waals surface area contributed by atoms with Gasteiger partial charge in [-0.1, -0.05) is 116 Å². The van der Waals surface area contributed by atoms with Crippen molar-refractivity contribution in [3.63, 3.8) is 0 Å². The van der Waals surface area contributed by atoms with Gasteiger partial charge < -0.3 is 97.4 Å². The fourth-order valence-corrected chi connectivity index (χ4v) is 11.3. The van der Waals surface area contributed by atoms with Gasteiger partial charge in [0, 0.05) is 45.1 Å². The standard InChI is InChI=1S/C70H119N21O18/c1-6-7-8-9-10-11-12-13-14-15-16-17-18-20-24-34-55(93)84-48(30-25-27-38-77-54(92)33-23-21-19-22-26-37-76-47-35-36-53(91(107)108)59-58(47)89-109-90-59)66(104)86-50(32-29-40-79-70(74)75)65(103)82-46(5)63(101)88-52(42-57(96)97)68(106)83-44(3)61(99)85-49(31-28-39-78-69(72)73)64(102)81-45(4)62(100)87-51(41-56(94)95)67(105)80-43(2)60(71)98/h35-36,43-46,48-52,76H,6-34,37-42H2,1-5H3,(H2,71,98)(H,77,92)(H,80,105)(H,81,102)(H,82,103)(H,83,106)(H,84,93)(H,85,99)(H,86,104)(H,87,100)(H,88,101)(H,94,95)(H,96,97)(H4,72,73,78)(H4,74,75,79)/t43-,44-,45-,46-,48-,49-,50-,51-,52-/m0/s1. The van der Waals surface area contributed by atoms with Gasteiger partial charge in [0.25, 0.3) is 0 Å². The summed E-state index contributed by atoms with van der Waals surface area (Å²) in [5, 5.41) is 65.8. The molecule has 109 heavy (non-hydrogen) atoms.